The first-order valence-electron chi connectivity index (χ1n) is 15.1. The number of hydrogen-bond donors (Lipinski definition) is 0. The highest BCUT2D eigenvalue weighted by molar-refractivity contribution is 6.18. The predicted molar refractivity (Wildman–Crippen MR) is 183 cm³/mol. The van der Waals surface area contributed by atoms with E-state index in [1.165, 1.54) is 10.8 Å². The second-order valence-electron chi connectivity index (χ2n) is 11.6. The Morgan fingerprint density at radius 2 is 1.24 bits per heavy atom. The average molecular weight is 577 g/mol. The van der Waals surface area contributed by atoms with Crippen LogP contribution in [0.1, 0.15) is 0 Å². The fourth-order valence-corrected chi connectivity index (χ4v) is 6.96. The van der Waals surface area contributed by atoms with E-state index in [1.807, 2.05) is 42.5 Å². The first-order chi connectivity index (χ1) is 22.3. The van der Waals surface area contributed by atoms with Crippen molar-refractivity contribution in [2.24, 2.45) is 0 Å². The molecule has 210 valence electrons. The van der Waals surface area contributed by atoms with E-state index in [0.717, 1.165) is 77.9 Å². The average Bonchev–Trinajstić information content (AvgIpc) is 3.78. The highest BCUT2D eigenvalue weighted by Gasteiger charge is 2.30. The van der Waals surface area contributed by atoms with Crippen LogP contribution in [0.4, 0.5) is 17.1 Å². The van der Waals surface area contributed by atoms with E-state index in [2.05, 4.69) is 108 Å². The van der Waals surface area contributed by atoms with Gasteiger partial charge in [0.05, 0.1) is 5.69 Å². The van der Waals surface area contributed by atoms with Crippen LogP contribution in [0.2, 0.25) is 0 Å². The molecular weight excluding hydrogens is 552 g/mol. The number of nitrogens with zero attached hydrogens (tertiary/aromatic N) is 2. The van der Waals surface area contributed by atoms with E-state index in [1.54, 1.807) is 0 Å². The van der Waals surface area contributed by atoms with Gasteiger partial charge in [0.1, 0.15) is 16.9 Å². The van der Waals surface area contributed by atoms with Crippen molar-refractivity contribution < 1.29 is 8.83 Å². The summed E-state index contributed by atoms with van der Waals surface area (Å²) in [5.74, 6) is 1.47. The molecule has 7 aromatic carbocycles. The number of fused-ring (bicyclic) bond motifs is 7. The van der Waals surface area contributed by atoms with Gasteiger partial charge in [0.15, 0.2) is 5.76 Å². The van der Waals surface area contributed by atoms with Crippen molar-refractivity contribution in [2.45, 2.75) is 0 Å². The second-order valence-corrected chi connectivity index (χ2v) is 11.6. The summed E-state index contributed by atoms with van der Waals surface area (Å²) in [6.45, 7) is 0. The zero-order valence-corrected chi connectivity index (χ0v) is 24.1. The third kappa shape index (κ3) is 3.57. The number of hydrogen-bond acceptors (Lipinski definition) is 4. The third-order valence-electron chi connectivity index (χ3n) is 9.02. The van der Waals surface area contributed by atoms with Crippen LogP contribution < -0.4 is 4.90 Å². The molecule has 0 aliphatic heterocycles. The molecule has 0 atom stereocenters. The third-order valence-corrected chi connectivity index (χ3v) is 9.02. The lowest BCUT2D eigenvalue weighted by Crippen LogP contribution is -2.10. The minimum absolute atomic E-state index is 0.643. The minimum atomic E-state index is 0.643. The summed E-state index contributed by atoms with van der Waals surface area (Å²) >= 11 is 0. The van der Waals surface area contributed by atoms with Gasteiger partial charge >= 0.3 is 0 Å². The van der Waals surface area contributed by atoms with Crippen molar-refractivity contribution in [3.8, 4) is 34.0 Å². The van der Waals surface area contributed by atoms with E-state index in [-0.39, 0.29) is 0 Å². The van der Waals surface area contributed by atoms with Crippen LogP contribution in [0.5, 0.6) is 0 Å². The first kappa shape index (κ1) is 24.3. The number of oxazole rings is 1. The molecule has 0 saturated carbocycles. The molecule has 2 aromatic heterocycles. The zero-order chi connectivity index (χ0) is 29.5. The molecule has 1 aliphatic carbocycles. The molecule has 0 unspecified atom stereocenters. The number of anilines is 3. The number of para-hydroxylation sites is 1. The van der Waals surface area contributed by atoms with Crippen LogP contribution in [0.15, 0.2) is 154 Å². The molecular formula is C41H24N2O2. The Morgan fingerprint density at radius 1 is 0.489 bits per heavy atom. The van der Waals surface area contributed by atoms with Gasteiger partial charge in [-0.1, -0.05) is 84.9 Å². The molecule has 0 fully saturated rings. The Labute approximate surface area is 258 Å². The maximum absolute atomic E-state index is 6.44. The summed E-state index contributed by atoms with van der Waals surface area (Å²) in [5, 5.41) is 6.92. The minimum Gasteiger partial charge on any atom is -0.456 e. The molecule has 1 aliphatic rings. The van der Waals surface area contributed by atoms with E-state index in [9.17, 15) is 0 Å². The largest absolute Gasteiger partial charge is 0.456 e. The maximum Gasteiger partial charge on any atom is 0.227 e. The molecule has 0 amide bonds. The number of aromatic nitrogens is 1. The fraction of sp³-hybridized carbons (Fsp3) is 0. The molecule has 4 nitrogen and oxygen atoms in total. The highest BCUT2D eigenvalue weighted by atomic mass is 16.4. The lowest BCUT2D eigenvalue weighted by molar-refractivity contribution is 0.590. The van der Waals surface area contributed by atoms with E-state index in [0.29, 0.717) is 5.89 Å². The van der Waals surface area contributed by atoms with E-state index >= 15 is 0 Å². The Morgan fingerprint density at radius 3 is 2.18 bits per heavy atom. The Kier molecular flexibility index (Phi) is 4.96. The van der Waals surface area contributed by atoms with Gasteiger partial charge in [0.2, 0.25) is 5.89 Å². The standard InChI is InChI=1S/C41H24N2O2/c1-2-10-26(11-3-1)41-42-39-33-21-22-35(32-14-8-15-34(38(32)33)40(39)45-41)43(28-18-17-25-9-4-5-12-27(25)23-28)29-19-20-31-30-13-6-7-16-36(30)44-37(31)24-29/h1-24H. The maximum atomic E-state index is 6.44. The molecule has 4 heteroatoms. The van der Waals surface area contributed by atoms with Crippen LogP contribution in [0.25, 0.3) is 77.5 Å². The summed E-state index contributed by atoms with van der Waals surface area (Å²) in [6, 6.07) is 50.9. The van der Waals surface area contributed by atoms with Crippen LogP contribution in [0, 0.1) is 0 Å². The number of furan rings is 1. The molecule has 9 aromatic rings. The van der Waals surface area contributed by atoms with Crippen LogP contribution in [0.3, 0.4) is 0 Å². The van der Waals surface area contributed by atoms with Crippen LogP contribution in [-0.4, -0.2) is 4.98 Å². The van der Waals surface area contributed by atoms with E-state index in [4.69, 9.17) is 13.8 Å². The van der Waals surface area contributed by atoms with Crippen molar-refractivity contribution in [3.05, 3.63) is 146 Å². The Hall–Kier alpha value is -6.13. The van der Waals surface area contributed by atoms with E-state index < -0.39 is 0 Å². The topological polar surface area (TPSA) is 42.4 Å². The second kappa shape index (κ2) is 9.18. The monoisotopic (exact) mass is 576 g/mol. The molecule has 45 heavy (non-hydrogen) atoms. The van der Waals surface area contributed by atoms with Crippen molar-refractivity contribution in [1.82, 2.24) is 4.98 Å². The number of rotatable bonds is 4. The summed E-state index contributed by atoms with van der Waals surface area (Å²) < 4.78 is 12.8. The Balaban J connectivity index is 1.20. The lowest BCUT2D eigenvalue weighted by atomic mass is 10.0. The van der Waals surface area contributed by atoms with Crippen molar-refractivity contribution >= 4 is 60.5 Å². The molecule has 0 radical (unpaired) electrons. The molecule has 2 heterocycles. The van der Waals surface area contributed by atoms with Gasteiger partial charge in [0.25, 0.3) is 0 Å². The van der Waals surface area contributed by atoms with Gasteiger partial charge in [-0.05, 0) is 65.4 Å². The van der Waals surface area contributed by atoms with Gasteiger partial charge in [-0.2, -0.15) is 0 Å². The molecule has 0 bridgehead atoms. The smallest absolute Gasteiger partial charge is 0.227 e. The lowest BCUT2D eigenvalue weighted by Gasteiger charge is -2.27. The van der Waals surface area contributed by atoms with Gasteiger partial charge in [0, 0.05) is 55.7 Å². The van der Waals surface area contributed by atoms with Crippen molar-refractivity contribution in [1.29, 1.82) is 0 Å². The van der Waals surface area contributed by atoms with Crippen molar-refractivity contribution in [2.75, 3.05) is 4.90 Å². The molecule has 0 saturated heterocycles. The van der Waals surface area contributed by atoms with Gasteiger partial charge in [-0.25, -0.2) is 4.98 Å². The van der Waals surface area contributed by atoms with Gasteiger partial charge < -0.3 is 13.7 Å². The fourth-order valence-electron chi connectivity index (χ4n) is 6.96. The summed E-state index contributed by atoms with van der Waals surface area (Å²) in [4.78, 5) is 7.33. The summed E-state index contributed by atoms with van der Waals surface area (Å²) in [7, 11) is 0. The molecule has 0 spiro atoms. The first-order valence-corrected chi connectivity index (χ1v) is 15.1. The molecule has 0 N–H and O–H groups in total. The van der Waals surface area contributed by atoms with Crippen molar-refractivity contribution in [3.63, 3.8) is 0 Å². The normalized spacial score (nSPS) is 12.0. The van der Waals surface area contributed by atoms with Gasteiger partial charge in [-0.3, -0.25) is 0 Å². The SMILES string of the molecule is c1ccc(-c2nc3c(o2)-c2cccc4c(N(c5ccc6ccccc6c5)c5ccc6c(c5)oc5ccccc56)ccc-3c24)cc1. The van der Waals surface area contributed by atoms with Crippen LogP contribution in [-0.2, 0) is 0 Å². The van der Waals surface area contributed by atoms with Crippen LogP contribution >= 0.6 is 0 Å². The quantitative estimate of drug-likeness (QED) is 0.209. The number of benzene rings is 7. The summed E-state index contributed by atoms with van der Waals surface area (Å²) in [5.41, 5.74) is 8.96. The predicted octanol–water partition coefficient (Wildman–Crippen LogP) is 11.7. The van der Waals surface area contributed by atoms with Gasteiger partial charge in [-0.15, -0.1) is 0 Å². The highest BCUT2D eigenvalue weighted by Crippen LogP contribution is 2.52. The zero-order valence-electron chi connectivity index (χ0n) is 24.1. The summed E-state index contributed by atoms with van der Waals surface area (Å²) in [6.07, 6.45) is 0. The molecule has 10 rings (SSSR count). The Bertz CT molecular complexity index is 2580.